The van der Waals surface area contributed by atoms with Gasteiger partial charge in [-0.3, -0.25) is 4.79 Å². The number of rotatable bonds is 5. The lowest BCUT2D eigenvalue weighted by atomic mass is 10.1. The van der Waals surface area contributed by atoms with Crippen molar-refractivity contribution in [3.8, 4) is 6.07 Å². The lowest BCUT2D eigenvalue weighted by molar-refractivity contribution is -0.119. The molecule has 1 aromatic carbocycles. The second-order valence-corrected chi connectivity index (χ2v) is 3.58. The third-order valence-electron chi connectivity index (χ3n) is 2.24. The number of carbonyl (C=O) groups is 1. The third-order valence-corrected chi connectivity index (χ3v) is 2.24. The molecular weight excluding hydrogens is 216 g/mol. The Morgan fingerprint density at radius 2 is 2.29 bits per heavy atom. The lowest BCUT2D eigenvalue weighted by Gasteiger charge is -2.10. The van der Waals surface area contributed by atoms with Crippen LogP contribution in [0, 0.1) is 11.3 Å². The number of para-hydroxylation sites is 1. The van der Waals surface area contributed by atoms with E-state index in [4.69, 9.17) is 11.0 Å². The van der Waals surface area contributed by atoms with Gasteiger partial charge in [0.25, 0.3) is 0 Å². The molecule has 0 radical (unpaired) electrons. The van der Waals surface area contributed by atoms with E-state index in [0.717, 1.165) is 6.42 Å². The molecule has 90 valence electrons. The molecule has 5 heteroatoms. The van der Waals surface area contributed by atoms with E-state index >= 15 is 0 Å². The minimum absolute atomic E-state index is 0.0892. The number of hydrogen-bond donors (Lipinski definition) is 3. The molecule has 0 heterocycles. The average Bonchev–Trinajstić information content (AvgIpc) is 2.35. The number of hydrogen-bond acceptors (Lipinski definition) is 4. The van der Waals surface area contributed by atoms with Crippen molar-refractivity contribution in [2.75, 3.05) is 24.1 Å². The van der Waals surface area contributed by atoms with Gasteiger partial charge in [-0.25, -0.2) is 0 Å². The van der Waals surface area contributed by atoms with E-state index in [1.807, 2.05) is 13.0 Å². The first-order valence-corrected chi connectivity index (χ1v) is 5.48. The number of nitrogens with one attached hydrogen (secondary N) is 2. The van der Waals surface area contributed by atoms with Gasteiger partial charge in [0.15, 0.2) is 0 Å². The summed E-state index contributed by atoms with van der Waals surface area (Å²) >= 11 is 0. The Labute approximate surface area is 101 Å². The molecule has 0 saturated carbocycles. The highest BCUT2D eigenvalue weighted by Gasteiger charge is 2.05. The van der Waals surface area contributed by atoms with Crippen LogP contribution < -0.4 is 16.4 Å². The van der Waals surface area contributed by atoms with E-state index in [0.29, 0.717) is 23.5 Å². The molecule has 0 aliphatic rings. The number of nitrogen functional groups attached to an aromatic ring is 1. The van der Waals surface area contributed by atoms with Gasteiger partial charge in [-0.05, 0) is 18.6 Å². The average molecular weight is 232 g/mol. The molecule has 0 fully saturated rings. The predicted octanol–water partition coefficient (Wildman–Crippen LogP) is 1.08. The van der Waals surface area contributed by atoms with Crippen molar-refractivity contribution in [2.45, 2.75) is 13.3 Å². The quantitative estimate of drug-likeness (QED) is 0.662. The summed E-state index contributed by atoms with van der Waals surface area (Å²) in [5.41, 5.74) is 7.15. The summed E-state index contributed by atoms with van der Waals surface area (Å²) in [6.07, 6.45) is 0.901. The van der Waals surface area contributed by atoms with Crippen LogP contribution in [0.4, 0.5) is 11.4 Å². The van der Waals surface area contributed by atoms with Gasteiger partial charge in [-0.1, -0.05) is 13.0 Å². The second kappa shape index (κ2) is 6.38. The fourth-order valence-electron chi connectivity index (χ4n) is 1.32. The molecule has 0 bridgehead atoms. The van der Waals surface area contributed by atoms with Crippen LogP contribution in [0.15, 0.2) is 18.2 Å². The van der Waals surface area contributed by atoms with E-state index < -0.39 is 0 Å². The molecule has 0 aliphatic carbocycles. The maximum Gasteiger partial charge on any atom is 0.239 e. The zero-order chi connectivity index (χ0) is 12.7. The Morgan fingerprint density at radius 1 is 1.53 bits per heavy atom. The highest BCUT2D eigenvalue weighted by atomic mass is 16.1. The Kier molecular flexibility index (Phi) is 4.82. The smallest absolute Gasteiger partial charge is 0.239 e. The number of nitrogens with zero attached hydrogens (tertiary/aromatic N) is 1. The summed E-state index contributed by atoms with van der Waals surface area (Å²) < 4.78 is 0. The molecule has 0 unspecified atom stereocenters. The Morgan fingerprint density at radius 3 is 2.94 bits per heavy atom. The molecule has 0 aliphatic heterocycles. The van der Waals surface area contributed by atoms with E-state index in [2.05, 4.69) is 10.6 Å². The SMILES string of the molecule is CCCNC(=O)CNc1cccc(C#N)c1N. The molecule has 1 rings (SSSR count). The zero-order valence-electron chi connectivity index (χ0n) is 9.79. The first-order chi connectivity index (χ1) is 8.19. The summed E-state index contributed by atoms with van der Waals surface area (Å²) in [7, 11) is 0. The van der Waals surface area contributed by atoms with Crippen LogP contribution in [0.25, 0.3) is 0 Å². The van der Waals surface area contributed by atoms with Crippen LogP contribution >= 0.6 is 0 Å². The number of anilines is 2. The number of nitriles is 1. The molecule has 1 aromatic rings. The molecule has 0 saturated heterocycles. The van der Waals surface area contributed by atoms with Gasteiger partial charge in [0.2, 0.25) is 5.91 Å². The van der Waals surface area contributed by atoms with Crippen molar-refractivity contribution < 1.29 is 4.79 Å². The standard InChI is InChI=1S/C12H16N4O/c1-2-6-15-11(17)8-16-10-5-3-4-9(7-13)12(10)14/h3-5,16H,2,6,8,14H2,1H3,(H,15,17). The van der Waals surface area contributed by atoms with Crippen molar-refractivity contribution in [3.05, 3.63) is 23.8 Å². The number of amides is 1. The van der Waals surface area contributed by atoms with Gasteiger partial charge in [0.1, 0.15) is 6.07 Å². The normalized spacial score (nSPS) is 9.41. The Hall–Kier alpha value is -2.22. The Bertz CT molecular complexity index is 437. The van der Waals surface area contributed by atoms with E-state index in [1.165, 1.54) is 0 Å². The van der Waals surface area contributed by atoms with Crippen LogP contribution in [0.2, 0.25) is 0 Å². The molecule has 0 aromatic heterocycles. The molecule has 0 atom stereocenters. The van der Waals surface area contributed by atoms with Crippen LogP contribution in [-0.4, -0.2) is 19.0 Å². The van der Waals surface area contributed by atoms with Crippen LogP contribution in [-0.2, 0) is 4.79 Å². The topological polar surface area (TPSA) is 90.9 Å². The van der Waals surface area contributed by atoms with Crippen LogP contribution in [0.3, 0.4) is 0 Å². The number of benzene rings is 1. The maximum absolute atomic E-state index is 11.4. The zero-order valence-corrected chi connectivity index (χ0v) is 9.79. The molecule has 4 N–H and O–H groups in total. The van der Waals surface area contributed by atoms with Crippen LogP contribution in [0.5, 0.6) is 0 Å². The summed E-state index contributed by atoms with van der Waals surface area (Å²) in [4.78, 5) is 11.4. The van der Waals surface area contributed by atoms with E-state index in [1.54, 1.807) is 18.2 Å². The minimum atomic E-state index is -0.0892. The molecule has 5 nitrogen and oxygen atoms in total. The summed E-state index contributed by atoms with van der Waals surface area (Å²) in [6, 6.07) is 7.09. The van der Waals surface area contributed by atoms with E-state index in [9.17, 15) is 4.79 Å². The first kappa shape index (κ1) is 12.8. The molecular formula is C12H16N4O. The fraction of sp³-hybridized carbons (Fsp3) is 0.333. The van der Waals surface area contributed by atoms with Gasteiger partial charge in [0.05, 0.1) is 23.5 Å². The third kappa shape index (κ3) is 3.68. The molecule has 0 spiro atoms. The highest BCUT2D eigenvalue weighted by molar-refractivity contribution is 5.83. The van der Waals surface area contributed by atoms with Gasteiger partial charge in [0, 0.05) is 6.54 Å². The maximum atomic E-state index is 11.4. The lowest BCUT2D eigenvalue weighted by Crippen LogP contribution is -2.30. The molecule has 1 amide bonds. The largest absolute Gasteiger partial charge is 0.396 e. The second-order valence-electron chi connectivity index (χ2n) is 3.58. The summed E-state index contributed by atoms with van der Waals surface area (Å²) in [5.74, 6) is -0.0892. The van der Waals surface area contributed by atoms with Gasteiger partial charge >= 0.3 is 0 Å². The van der Waals surface area contributed by atoms with Crippen molar-refractivity contribution in [1.82, 2.24) is 5.32 Å². The van der Waals surface area contributed by atoms with E-state index in [-0.39, 0.29) is 12.5 Å². The minimum Gasteiger partial charge on any atom is -0.396 e. The first-order valence-electron chi connectivity index (χ1n) is 5.48. The summed E-state index contributed by atoms with van der Waals surface area (Å²) in [6.45, 7) is 2.80. The fourth-order valence-corrected chi connectivity index (χ4v) is 1.32. The van der Waals surface area contributed by atoms with Crippen LogP contribution in [0.1, 0.15) is 18.9 Å². The number of carbonyl (C=O) groups excluding carboxylic acids is 1. The van der Waals surface area contributed by atoms with Gasteiger partial charge < -0.3 is 16.4 Å². The highest BCUT2D eigenvalue weighted by Crippen LogP contribution is 2.21. The Balaban J connectivity index is 2.58. The molecule has 17 heavy (non-hydrogen) atoms. The predicted molar refractivity (Wildman–Crippen MR) is 67.4 cm³/mol. The van der Waals surface area contributed by atoms with Gasteiger partial charge in [-0.15, -0.1) is 0 Å². The van der Waals surface area contributed by atoms with Crippen molar-refractivity contribution >= 4 is 17.3 Å². The monoisotopic (exact) mass is 232 g/mol. The van der Waals surface area contributed by atoms with Crippen molar-refractivity contribution in [3.63, 3.8) is 0 Å². The van der Waals surface area contributed by atoms with Gasteiger partial charge in [-0.2, -0.15) is 5.26 Å². The number of nitrogens with two attached hydrogens (primary N) is 1. The van der Waals surface area contributed by atoms with Crippen molar-refractivity contribution in [1.29, 1.82) is 5.26 Å². The van der Waals surface area contributed by atoms with Crippen molar-refractivity contribution in [2.24, 2.45) is 0 Å². The summed E-state index contributed by atoms with van der Waals surface area (Å²) in [5, 5.41) is 14.5.